The van der Waals surface area contributed by atoms with E-state index in [-0.39, 0.29) is 0 Å². The lowest BCUT2D eigenvalue weighted by molar-refractivity contribution is 0.0113. The summed E-state index contributed by atoms with van der Waals surface area (Å²) in [6.07, 6.45) is 3.61. The fourth-order valence-corrected chi connectivity index (χ4v) is 0.792. The molecule has 0 atom stereocenters. The SMILES string of the molecule is NCC(F)(F)Cc1cncnc1. The van der Waals surface area contributed by atoms with Crippen molar-refractivity contribution in [2.24, 2.45) is 5.73 Å². The van der Waals surface area contributed by atoms with Crippen LogP contribution in [-0.2, 0) is 6.42 Å². The number of alkyl halides is 2. The van der Waals surface area contributed by atoms with E-state index < -0.39 is 18.9 Å². The van der Waals surface area contributed by atoms with E-state index in [0.29, 0.717) is 5.56 Å². The van der Waals surface area contributed by atoms with Crippen LogP contribution >= 0.6 is 0 Å². The van der Waals surface area contributed by atoms with Crippen molar-refractivity contribution < 1.29 is 8.78 Å². The van der Waals surface area contributed by atoms with Gasteiger partial charge in [0.15, 0.2) is 0 Å². The van der Waals surface area contributed by atoms with Crippen molar-refractivity contribution in [3.63, 3.8) is 0 Å². The average Bonchev–Trinajstić information content (AvgIpc) is 2.06. The quantitative estimate of drug-likeness (QED) is 0.728. The number of nitrogens with two attached hydrogens (primary N) is 1. The molecule has 0 saturated heterocycles. The van der Waals surface area contributed by atoms with Crippen LogP contribution in [-0.4, -0.2) is 22.4 Å². The third-order valence-electron chi connectivity index (χ3n) is 1.38. The van der Waals surface area contributed by atoms with Gasteiger partial charge in [-0.2, -0.15) is 0 Å². The summed E-state index contributed by atoms with van der Waals surface area (Å²) < 4.78 is 25.3. The van der Waals surface area contributed by atoms with Crippen molar-refractivity contribution in [1.29, 1.82) is 0 Å². The molecule has 66 valence electrons. The average molecular weight is 173 g/mol. The predicted octanol–water partition coefficient (Wildman–Crippen LogP) is 0.613. The minimum atomic E-state index is -2.86. The molecule has 1 heterocycles. The summed E-state index contributed by atoms with van der Waals surface area (Å²) in [6.45, 7) is -0.651. The summed E-state index contributed by atoms with van der Waals surface area (Å²) in [7, 11) is 0. The summed E-state index contributed by atoms with van der Waals surface area (Å²) in [5.41, 5.74) is 5.26. The van der Waals surface area contributed by atoms with E-state index in [1.807, 2.05) is 0 Å². The van der Waals surface area contributed by atoms with Gasteiger partial charge in [0, 0.05) is 18.8 Å². The molecule has 0 aliphatic rings. The lowest BCUT2D eigenvalue weighted by Crippen LogP contribution is -2.30. The van der Waals surface area contributed by atoms with Gasteiger partial charge in [-0.1, -0.05) is 0 Å². The summed E-state index contributed by atoms with van der Waals surface area (Å²) >= 11 is 0. The van der Waals surface area contributed by atoms with Crippen LogP contribution in [0.2, 0.25) is 0 Å². The highest BCUT2D eigenvalue weighted by Gasteiger charge is 2.26. The molecule has 2 N–H and O–H groups in total. The maximum absolute atomic E-state index is 12.7. The van der Waals surface area contributed by atoms with Crippen molar-refractivity contribution >= 4 is 0 Å². The Hall–Kier alpha value is -1.10. The van der Waals surface area contributed by atoms with Crippen LogP contribution < -0.4 is 5.73 Å². The lowest BCUT2D eigenvalue weighted by Gasteiger charge is -2.12. The van der Waals surface area contributed by atoms with Crippen LogP contribution in [0.3, 0.4) is 0 Å². The van der Waals surface area contributed by atoms with Crippen LogP contribution in [0.5, 0.6) is 0 Å². The van der Waals surface area contributed by atoms with Gasteiger partial charge in [-0.25, -0.2) is 18.7 Å². The second-order valence-electron chi connectivity index (χ2n) is 2.48. The van der Waals surface area contributed by atoms with Crippen LogP contribution in [0.1, 0.15) is 5.56 Å². The van der Waals surface area contributed by atoms with Crippen molar-refractivity contribution in [2.75, 3.05) is 6.54 Å². The van der Waals surface area contributed by atoms with Crippen LogP contribution in [0.4, 0.5) is 8.78 Å². The first kappa shape index (κ1) is 8.99. The molecule has 5 heteroatoms. The predicted molar refractivity (Wildman–Crippen MR) is 39.7 cm³/mol. The minimum absolute atomic E-state index is 0.396. The van der Waals surface area contributed by atoms with Gasteiger partial charge < -0.3 is 5.73 Å². The third kappa shape index (κ3) is 2.50. The first-order valence-electron chi connectivity index (χ1n) is 3.46. The third-order valence-corrected chi connectivity index (χ3v) is 1.38. The second-order valence-corrected chi connectivity index (χ2v) is 2.48. The molecule has 0 bridgehead atoms. The lowest BCUT2D eigenvalue weighted by atomic mass is 10.1. The first-order valence-corrected chi connectivity index (χ1v) is 3.46. The fourth-order valence-electron chi connectivity index (χ4n) is 0.792. The van der Waals surface area contributed by atoms with Crippen molar-refractivity contribution in [1.82, 2.24) is 9.97 Å². The largest absolute Gasteiger partial charge is 0.325 e. The van der Waals surface area contributed by atoms with E-state index >= 15 is 0 Å². The standard InChI is InChI=1S/C7H9F2N3/c8-7(9,4-10)1-6-2-11-5-12-3-6/h2-3,5H,1,4,10H2. The Morgan fingerprint density at radius 3 is 2.42 bits per heavy atom. The van der Waals surface area contributed by atoms with Crippen molar-refractivity contribution in [3.8, 4) is 0 Å². The van der Waals surface area contributed by atoms with E-state index in [9.17, 15) is 8.78 Å². The summed E-state index contributed by atoms with van der Waals surface area (Å²) in [4.78, 5) is 7.24. The Labute approximate surface area is 68.6 Å². The molecular weight excluding hydrogens is 164 g/mol. The Kier molecular flexibility index (Phi) is 2.65. The number of nitrogens with zero attached hydrogens (tertiary/aromatic N) is 2. The molecule has 0 amide bonds. The van der Waals surface area contributed by atoms with Crippen LogP contribution in [0.25, 0.3) is 0 Å². The molecular formula is C7H9F2N3. The Morgan fingerprint density at radius 1 is 1.33 bits per heavy atom. The highest BCUT2D eigenvalue weighted by Crippen LogP contribution is 2.16. The molecule has 0 aliphatic heterocycles. The molecule has 1 aromatic heterocycles. The van der Waals surface area contributed by atoms with E-state index in [4.69, 9.17) is 5.73 Å². The highest BCUT2D eigenvalue weighted by molar-refractivity contribution is 5.05. The molecule has 0 fully saturated rings. The van der Waals surface area contributed by atoms with Crippen molar-refractivity contribution in [3.05, 3.63) is 24.3 Å². The Morgan fingerprint density at radius 2 is 1.92 bits per heavy atom. The number of hydrogen-bond acceptors (Lipinski definition) is 3. The molecule has 1 rings (SSSR count). The topological polar surface area (TPSA) is 51.8 Å². The molecule has 0 unspecified atom stereocenters. The van der Waals surface area contributed by atoms with Gasteiger partial charge in [-0.15, -0.1) is 0 Å². The number of halogens is 2. The van der Waals surface area contributed by atoms with Gasteiger partial charge >= 0.3 is 0 Å². The smallest absolute Gasteiger partial charge is 0.264 e. The molecule has 0 aromatic carbocycles. The van der Waals surface area contributed by atoms with Gasteiger partial charge in [0.2, 0.25) is 0 Å². The minimum Gasteiger partial charge on any atom is -0.325 e. The number of hydrogen-bond donors (Lipinski definition) is 1. The summed E-state index contributed by atoms with van der Waals surface area (Å²) in [5.74, 6) is -2.86. The summed E-state index contributed by atoms with van der Waals surface area (Å²) in [6, 6.07) is 0. The second kappa shape index (κ2) is 3.53. The van der Waals surface area contributed by atoms with E-state index in [0.717, 1.165) is 0 Å². The maximum atomic E-state index is 12.7. The number of rotatable bonds is 3. The van der Waals surface area contributed by atoms with Crippen molar-refractivity contribution in [2.45, 2.75) is 12.3 Å². The van der Waals surface area contributed by atoms with E-state index in [1.165, 1.54) is 18.7 Å². The zero-order valence-corrected chi connectivity index (χ0v) is 6.37. The molecule has 0 radical (unpaired) electrons. The first-order chi connectivity index (χ1) is 5.64. The fraction of sp³-hybridized carbons (Fsp3) is 0.429. The molecule has 0 aliphatic carbocycles. The van der Waals surface area contributed by atoms with Gasteiger partial charge in [0.1, 0.15) is 6.33 Å². The summed E-state index contributed by atoms with van der Waals surface area (Å²) in [5, 5.41) is 0. The van der Waals surface area contributed by atoms with Crippen LogP contribution in [0.15, 0.2) is 18.7 Å². The van der Waals surface area contributed by atoms with E-state index in [2.05, 4.69) is 9.97 Å². The Bertz CT molecular complexity index is 238. The Balaban J connectivity index is 2.64. The van der Waals surface area contributed by atoms with Gasteiger partial charge in [0.05, 0.1) is 6.54 Å². The zero-order chi connectivity index (χ0) is 9.03. The number of aromatic nitrogens is 2. The van der Waals surface area contributed by atoms with Crippen LogP contribution in [0, 0.1) is 0 Å². The van der Waals surface area contributed by atoms with Gasteiger partial charge in [0.25, 0.3) is 5.92 Å². The highest BCUT2D eigenvalue weighted by atomic mass is 19.3. The zero-order valence-electron chi connectivity index (χ0n) is 6.37. The monoisotopic (exact) mass is 173 g/mol. The van der Waals surface area contributed by atoms with Gasteiger partial charge in [-0.05, 0) is 5.56 Å². The molecule has 1 aromatic rings. The van der Waals surface area contributed by atoms with Gasteiger partial charge in [-0.3, -0.25) is 0 Å². The molecule has 0 spiro atoms. The molecule has 12 heavy (non-hydrogen) atoms. The van der Waals surface area contributed by atoms with E-state index in [1.54, 1.807) is 0 Å². The normalized spacial score (nSPS) is 11.6. The maximum Gasteiger partial charge on any atom is 0.264 e. The molecule has 3 nitrogen and oxygen atoms in total. The molecule has 0 saturated carbocycles.